The summed E-state index contributed by atoms with van der Waals surface area (Å²) in [6.45, 7) is 7.90. The summed E-state index contributed by atoms with van der Waals surface area (Å²) in [5.74, 6) is 2.85. The van der Waals surface area contributed by atoms with Crippen molar-refractivity contribution in [3.8, 4) is 5.88 Å². The van der Waals surface area contributed by atoms with Gasteiger partial charge in [-0.3, -0.25) is 4.90 Å². The number of hydrogen-bond donors (Lipinski definition) is 1. The minimum atomic E-state index is 0.282. The summed E-state index contributed by atoms with van der Waals surface area (Å²) in [6.07, 6.45) is 2.54. The smallest absolute Gasteiger partial charge is 0.216 e. The monoisotopic (exact) mass is 332 g/mol. The van der Waals surface area contributed by atoms with Crippen molar-refractivity contribution in [2.24, 2.45) is 7.05 Å². The van der Waals surface area contributed by atoms with E-state index in [-0.39, 0.29) is 6.04 Å². The van der Waals surface area contributed by atoms with Gasteiger partial charge in [0.1, 0.15) is 11.5 Å². The van der Waals surface area contributed by atoms with Crippen LogP contribution in [0, 0.1) is 13.8 Å². The third-order valence-electron chi connectivity index (χ3n) is 4.79. The van der Waals surface area contributed by atoms with Gasteiger partial charge in [-0.05, 0) is 51.9 Å². The molecule has 1 atom stereocenters. The van der Waals surface area contributed by atoms with Gasteiger partial charge in [-0.15, -0.1) is 0 Å². The van der Waals surface area contributed by atoms with E-state index in [4.69, 9.17) is 9.15 Å². The zero-order valence-electron chi connectivity index (χ0n) is 15.1. The number of nitrogens with one attached hydrogen (secondary N) is 1. The molecule has 1 unspecified atom stereocenters. The van der Waals surface area contributed by atoms with Crippen LogP contribution in [0.3, 0.4) is 0 Å². The Morgan fingerprint density at radius 2 is 2.04 bits per heavy atom. The molecule has 1 fully saturated rings. The first-order valence-electron chi connectivity index (χ1n) is 8.67. The normalized spacial score (nSPS) is 16.7. The topological polar surface area (TPSA) is 55.5 Å². The third kappa shape index (κ3) is 3.49. The molecule has 2 aromatic heterocycles. The molecule has 0 radical (unpaired) electrons. The number of hydrogen-bond acceptors (Lipinski definition) is 5. The lowest BCUT2D eigenvalue weighted by Gasteiger charge is -2.26. The number of aromatic nitrogens is 2. The number of aryl methyl sites for hydroxylation is 3. The second-order valence-corrected chi connectivity index (χ2v) is 6.54. The molecule has 0 spiro atoms. The maximum atomic E-state index is 5.91. The summed E-state index contributed by atoms with van der Waals surface area (Å²) in [5, 5.41) is 8.02. The highest BCUT2D eigenvalue weighted by Gasteiger charge is 2.26. The van der Waals surface area contributed by atoms with Crippen LogP contribution >= 0.6 is 0 Å². The van der Waals surface area contributed by atoms with Crippen molar-refractivity contribution in [3.63, 3.8) is 0 Å². The molecule has 1 saturated heterocycles. The number of ether oxygens (including phenoxy) is 1. The molecule has 0 bridgehead atoms. The molecule has 3 rings (SSSR count). The van der Waals surface area contributed by atoms with Gasteiger partial charge < -0.3 is 14.5 Å². The Kier molecular flexibility index (Phi) is 5.26. The third-order valence-corrected chi connectivity index (χ3v) is 4.79. The van der Waals surface area contributed by atoms with Crippen molar-refractivity contribution in [1.82, 2.24) is 20.0 Å². The van der Waals surface area contributed by atoms with Crippen LogP contribution in [0.2, 0.25) is 0 Å². The Morgan fingerprint density at radius 1 is 1.29 bits per heavy atom. The predicted molar refractivity (Wildman–Crippen MR) is 93.2 cm³/mol. The number of nitrogens with zero attached hydrogens (tertiary/aromatic N) is 3. The average Bonchev–Trinajstić information content (AvgIpc) is 3.26. The molecule has 6 heteroatoms. The molecule has 1 aliphatic heterocycles. The van der Waals surface area contributed by atoms with Crippen LogP contribution < -0.4 is 10.1 Å². The molecule has 1 N–H and O–H groups in total. The van der Waals surface area contributed by atoms with E-state index in [9.17, 15) is 0 Å². The van der Waals surface area contributed by atoms with Gasteiger partial charge in [0.05, 0.1) is 24.4 Å². The largest absolute Gasteiger partial charge is 0.481 e. The van der Waals surface area contributed by atoms with E-state index in [0.717, 1.165) is 54.8 Å². The van der Waals surface area contributed by atoms with Crippen LogP contribution in [0.1, 0.15) is 41.7 Å². The van der Waals surface area contributed by atoms with E-state index in [1.807, 2.05) is 27.0 Å². The molecular weight excluding hydrogens is 304 g/mol. The number of likely N-dealkylation sites (tertiary alicyclic amines) is 1. The first-order valence-corrected chi connectivity index (χ1v) is 8.67. The van der Waals surface area contributed by atoms with E-state index in [2.05, 4.69) is 21.4 Å². The first-order chi connectivity index (χ1) is 11.6. The summed E-state index contributed by atoms with van der Waals surface area (Å²) in [6, 6.07) is 4.44. The Balaban J connectivity index is 1.68. The standard InChI is InChI=1S/C18H28N4O2/c1-13-7-8-17(24-13)16(22-9-5-6-10-22)12-19-11-15-14(2)20-21(3)18(15)23-4/h7-8,16,19H,5-6,9-12H2,1-4H3. The lowest BCUT2D eigenvalue weighted by Crippen LogP contribution is -2.33. The number of furan rings is 1. The van der Waals surface area contributed by atoms with Crippen molar-refractivity contribution in [1.29, 1.82) is 0 Å². The summed E-state index contributed by atoms with van der Waals surface area (Å²) >= 11 is 0. The second-order valence-electron chi connectivity index (χ2n) is 6.54. The van der Waals surface area contributed by atoms with E-state index in [1.54, 1.807) is 11.8 Å². The maximum Gasteiger partial charge on any atom is 0.216 e. The zero-order chi connectivity index (χ0) is 17.1. The van der Waals surface area contributed by atoms with Gasteiger partial charge in [-0.1, -0.05) is 0 Å². The van der Waals surface area contributed by atoms with Crippen molar-refractivity contribution in [3.05, 3.63) is 34.9 Å². The average molecular weight is 332 g/mol. The molecule has 132 valence electrons. The first kappa shape index (κ1) is 17.0. The molecular formula is C18H28N4O2. The van der Waals surface area contributed by atoms with Gasteiger partial charge in [-0.25, -0.2) is 4.68 Å². The van der Waals surface area contributed by atoms with Crippen LogP contribution in [0.5, 0.6) is 5.88 Å². The van der Waals surface area contributed by atoms with E-state index in [0.29, 0.717) is 0 Å². The fourth-order valence-electron chi connectivity index (χ4n) is 3.57. The van der Waals surface area contributed by atoms with Gasteiger partial charge in [0.25, 0.3) is 0 Å². The summed E-state index contributed by atoms with van der Waals surface area (Å²) in [5.41, 5.74) is 2.13. The van der Waals surface area contributed by atoms with Crippen LogP contribution in [0.4, 0.5) is 0 Å². The minimum Gasteiger partial charge on any atom is -0.481 e. The number of rotatable bonds is 7. The molecule has 1 aliphatic rings. The van der Waals surface area contributed by atoms with Crippen LogP contribution in [0.15, 0.2) is 16.5 Å². The Morgan fingerprint density at radius 3 is 2.67 bits per heavy atom. The van der Waals surface area contributed by atoms with Crippen molar-refractivity contribution < 1.29 is 9.15 Å². The highest BCUT2D eigenvalue weighted by Crippen LogP contribution is 2.27. The van der Waals surface area contributed by atoms with Crippen molar-refractivity contribution >= 4 is 0 Å². The Labute approximate surface area is 143 Å². The lowest BCUT2D eigenvalue weighted by molar-refractivity contribution is 0.207. The molecule has 0 aromatic carbocycles. The predicted octanol–water partition coefficient (Wildman–Crippen LogP) is 2.57. The number of methoxy groups -OCH3 is 1. The Bertz CT molecular complexity index is 671. The molecule has 6 nitrogen and oxygen atoms in total. The maximum absolute atomic E-state index is 5.91. The summed E-state index contributed by atoms with van der Waals surface area (Å²) < 4.78 is 13.2. The molecule has 0 aliphatic carbocycles. The lowest BCUT2D eigenvalue weighted by atomic mass is 10.2. The molecule has 2 aromatic rings. The minimum absolute atomic E-state index is 0.282. The summed E-state index contributed by atoms with van der Waals surface area (Å²) in [7, 11) is 3.60. The highest BCUT2D eigenvalue weighted by molar-refractivity contribution is 5.30. The van der Waals surface area contributed by atoms with Crippen LogP contribution in [0.25, 0.3) is 0 Å². The van der Waals surface area contributed by atoms with Crippen LogP contribution in [-0.4, -0.2) is 41.4 Å². The van der Waals surface area contributed by atoms with E-state index < -0.39 is 0 Å². The quantitative estimate of drug-likeness (QED) is 0.844. The van der Waals surface area contributed by atoms with Gasteiger partial charge in [0, 0.05) is 20.1 Å². The molecule has 24 heavy (non-hydrogen) atoms. The van der Waals surface area contributed by atoms with Crippen molar-refractivity contribution in [2.45, 2.75) is 39.3 Å². The SMILES string of the molecule is COc1c(CNCC(c2ccc(C)o2)N2CCCC2)c(C)nn1C. The Hall–Kier alpha value is -1.79. The van der Waals surface area contributed by atoms with Crippen molar-refractivity contribution in [2.75, 3.05) is 26.7 Å². The molecule has 0 saturated carbocycles. The molecule has 0 amide bonds. The summed E-state index contributed by atoms with van der Waals surface area (Å²) in [4.78, 5) is 2.51. The fourth-order valence-corrected chi connectivity index (χ4v) is 3.57. The van der Waals surface area contributed by atoms with Crippen LogP contribution in [-0.2, 0) is 13.6 Å². The van der Waals surface area contributed by atoms with Gasteiger partial charge >= 0.3 is 0 Å². The second kappa shape index (κ2) is 7.40. The highest BCUT2D eigenvalue weighted by atomic mass is 16.5. The van der Waals surface area contributed by atoms with E-state index >= 15 is 0 Å². The van der Waals surface area contributed by atoms with Gasteiger partial charge in [0.2, 0.25) is 5.88 Å². The van der Waals surface area contributed by atoms with E-state index in [1.165, 1.54) is 12.8 Å². The zero-order valence-corrected chi connectivity index (χ0v) is 15.1. The van der Waals surface area contributed by atoms with Gasteiger partial charge in [0.15, 0.2) is 0 Å². The fraction of sp³-hybridized carbons (Fsp3) is 0.611. The molecule has 3 heterocycles. The van der Waals surface area contributed by atoms with Gasteiger partial charge in [-0.2, -0.15) is 5.10 Å².